The molecule has 0 saturated heterocycles. The molecule has 0 aliphatic rings. The van der Waals surface area contributed by atoms with Gasteiger partial charge < -0.3 is 25.7 Å². The molecule has 0 atom stereocenters. The summed E-state index contributed by atoms with van der Waals surface area (Å²) >= 11 is 0. The van der Waals surface area contributed by atoms with E-state index in [4.69, 9.17) is 25.7 Å². The van der Waals surface area contributed by atoms with E-state index < -0.39 is 0 Å². The zero-order valence-electron chi connectivity index (χ0n) is 13.0. The zero-order valence-corrected chi connectivity index (χ0v) is 13.0. The van der Waals surface area contributed by atoms with Crippen LogP contribution in [0.2, 0.25) is 0 Å². The normalized spacial score (nSPS) is 12.9. The number of hydrogen-bond donors (Lipinski definition) is 2. The van der Waals surface area contributed by atoms with Gasteiger partial charge in [-0.2, -0.15) is 0 Å². The highest BCUT2D eigenvalue weighted by atomic mass is 16.5. The highest BCUT2D eigenvalue weighted by Crippen LogP contribution is 2.20. The Morgan fingerprint density at radius 3 is 1.26 bits per heavy atom. The Morgan fingerprint density at radius 2 is 0.947 bits per heavy atom. The highest BCUT2D eigenvalue weighted by molar-refractivity contribution is 4.70. The Bertz CT molecular complexity index is 199. The van der Waals surface area contributed by atoms with Gasteiger partial charge in [0.2, 0.25) is 0 Å². The van der Waals surface area contributed by atoms with Crippen LogP contribution in [0.4, 0.5) is 0 Å². The Labute approximate surface area is 118 Å². The van der Waals surface area contributed by atoms with Crippen molar-refractivity contribution in [3.8, 4) is 0 Å². The smallest absolute Gasteiger partial charge is 0.0589 e. The van der Waals surface area contributed by atoms with Crippen molar-refractivity contribution in [1.82, 2.24) is 0 Å². The molecule has 0 fully saturated rings. The van der Waals surface area contributed by atoms with Crippen molar-refractivity contribution in [3.63, 3.8) is 0 Å². The summed E-state index contributed by atoms with van der Waals surface area (Å²) in [7, 11) is 0. The average Bonchev–Trinajstić information content (AvgIpc) is 2.28. The van der Waals surface area contributed by atoms with Gasteiger partial charge in [0, 0.05) is 23.9 Å². The van der Waals surface area contributed by atoms with Crippen LogP contribution in [0.3, 0.4) is 0 Å². The summed E-state index contributed by atoms with van der Waals surface area (Å²) in [5, 5.41) is 0. The predicted molar refractivity (Wildman–Crippen MR) is 78.1 cm³/mol. The second-order valence-electron chi connectivity index (χ2n) is 6.50. The molecular formula is C14H32N2O3. The highest BCUT2D eigenvalue weighted by Gasteiger charge is 2.23. The van der Waals surface area contributed by atoms with E-state index in [1.165, 1.54) is 0 Å². The predicted octanol–water partition coefficient (Wildman–Crippen LogP) is 1.01. The van der Waals surface area contributed by atoms with Crippen LogP contribution in [0, 0.1) is 10.8 Å². The molecule has 0 aliphatic heterocycles. The zero-order chi connectivity index (χ0) is 14.8. The lowest BCUT2D eigenvalue weighted by Gasteiger charge is -2.28. The number of rotatable bonds is 12. The summed E-state index contributed by atoms with van der Waals surface area (Å²) < 4.78 is 16.7. The summed E-state index contributed by atoms with van der Waals surface area (Å²) in [6, 6.07) is 0. The summed E-state index contributed by atoms with van der Waals surface area (Å²) in [6.45, 7) is 13.5. The minimum absolute atomic E-state index is 0.00334. The van der Waals surface area contributed by atoms with E-state index >= 15 is 0 Å². The van der Waals surface area contributed by atoms with E-state index in [0.717, 1.165) is 0 Å². The Kier molecular flexibility index (Phi) is 9.56. The fourth-order valence-electron chi connectivity index (χ4n) is 1.55. The van der Waals surface area contributed by atoms with Gasteiger partial charge in [0.15, 0.2) is 0 Å². The maximum Gasteiger partial charge on any atom is 0.0589 e. The molecule has 0 rings (SSSR count). The summed E-state index contributed by atoms with van der Waals surface area (Å²) in [4.78, 5) is 0. The van der Waals surface area contributed by atoms with Crippen molar-refractivity contribution < 1.29 is 14.2 Å². The second kappa shape index (κ2) is 9.66. The molecule has 0 amide bonds. The summed E-state index contributed by atoms with van der Waals surface area (Å²) in [5.74, 6) is 0. The topological polar surface area (TPSA) is 79.7 Å². The maximum atomic E-state index is 5.80. The van der Waals surface area contributed by atoms with Crippen LogP contribution < -0.4 is 11.5 Å². The fourth-order valence-corrected chi connectivity index (χ4v) is 1.55. The van der Waals surface area contributed by atoms with Gasteiger partial charge in [-0.05, 0) is 0 Å². The molecule has 0 bridgehead atoms. The van der Waals surface area contributed by atoms with Crippen LogP contribution in [-0.4, -0.2) is 52.7 Å². The van der Waals surface area contributed by atoms with Gasteiger partial charge in [-0.3, -0.25) is 0 Å². The SMILES string of the molecule is CC(C)(COCCN)COCC(C)(C)COCCN. The average molecular weight is 276 g/mol. The molecule has 19 heavy (non-hydrogen) atoms. The van der Waals surface area contributed by atoms with Crippen molar-refractivity contribution in [2.75, 3.05) is 52.7 Å². The van der Waals surface area contributed by atoms with E-state index in [9.17, 15) is 0 Å². The Balaban J connectivity index is 3.79. The molecule has 116 valence electrons. The quantitative estimate of drug-likeness (QED) is 0.520. The van der Waals surface area contributed by atoms with Crippen LogP contribution in [0.15, 0.2) is 0 Å². The van der Waals surface area contributed by atoms with Crippen molar-refractivity contribution in [2.45, 2.75) is 27.7 Å². The Hall–Kier alpha value is -0.200. The lowest BCUT2D eigenvalue weighted by Crippen LogP contribution is -2.32. The number of nitrogens with two attached hydrogens (primary N) is 2. The van der Waals surface area contributed by atoms with Gasteiger partial charge in [-0.1, -0.05) is 27.7 Å². The van der Waals surface area contributed by atoms with Gasteiger partial charge in [-0.25, -0.2) is 0 Å². The fraction of sp³-hybridized carbons (Fsp3) is 1.00. The molecule has 5 nitrogen and oxygen atoms in total. The van der Waals surface area contributed by atoms with Crippen LogP contribution >= 0.6 is 0 Å². The monoisotopic (exact) mass is 276 g/mol. The Morgan fingerprint density at radius 1 is 0.632 bits per heavy atom. The van der Waals surface area contributed by atoms with E-state index in [0.29, 0.717) is 52.7 Å². The van der Waals surface area contributed by atoms with Crippen molar-refractivity contribution in [2.24, 2.45) is 22.3 Å². The third kappa shape index (κ3) is 11.3. The number of hydrogen-bond acceptors (Lipinski definition) is 5. The first-order valence-corrected chi connectivity index (χ1v) is 6.96. The van der Waals surface area contributed by atoms with Crippen LogP contribution in [0.25, 0.3) is 0 Å². The van der Waals surface area contributed by atoms with Gasteiger partial charge in [0.1, 0.15) is 0 Å². The van der Waals surface area contributed by atoms with Gasteiger partial charge >= 0.3 is 0 Å². The summed E-state index contributed by atoms with van der Waals surface area (Å²) in [6.07, 6.45) is 0. The van der Waals surface area contributed by atoms with E-state index in [2.05, 4.69) is 27.7 Å². The molecule has 5 heteroatoms. The van der Waals surface area contributed by atoms with Crippen LogP contribution in [0.1, 0.15) is 27.7 Å². The van der Waals surface area contributed by atoms with E-state index in [1.54, 1.807) is 0 Å². The molecule has 0 aromatic heterocycles. The molecule has 0 heterocycles. The molecule has 0 aromatic carbocycles. The first kappa shape index (κ1) is 18.8. The number of ether oxygens (including phenoxy) is 3. The van der Waals surface area contributed by atoms with Gasteiger partial charge in [0.25, 0.3) is 0 Å². The lowest BCUT2D eigenvalue weighted by atomic mass is 9.94. The molecule has 0 spiro atoms. The standard InChI is InChI=1S/C14H32N2O3/c1-13(2,9-17-7-5-15)11-19-12-14(3,4)10-18-8-6-16/h5-12,15-16H2,1-4H3. The molecule has 0 saturated carbocycles. The maximum absolute atomic E-state index is 5.80. The molecule has 0 radical (unpaired) electrons. The molecule has 0 unspecified atom stereocenters. The largest absolute Gasteiger partial charge is 0.380 e. The van der Waals surface area contributed by atoms with E-state index in [-0.39, 0.29) is 10.8 Å². The van der Waals surface area contributed by atoms with Crippen LogP contribution in [-0.2, 0) is 14.2 Å². The van der Waals surface area contributed by atoms with Crippen molar-refractivity contribution >= 4 is 0 Å². The first-order chi connectivity index (χ1) is 8.83. The second-order valence-corrected chi connectivity index (χ2v) is 6.50. The molecule has 0 aromatic rings. The van der Waals surface area contributed by atoms with Gasteiger partial charge in [0.05, 0.1) is 39.6 Å². The third-order valence-electron chi connectivity index (χ3n) is 2.50. The summed E-state index contributed by atoms with van der Waals surface area (Å²) in [5.41, 5.74) is 10.8. The first-order valence-electron chi connectivity index (χ1n) is 6.96. The minimum atomic E-state index is 0.00334. The van der Waals surface area contributed by atoms with Crippen molar-refractivity contribution in [1.29, 1.82) is 0 Å². The minimum Gasteiger partial charge on any atom is -0.380 e. The molecular weight excluding hydrogens is 244 g/mol. The van der Waals surface area contributed by atoms with Gasteiger partial charge in [-0.15, -0.1) is 0 Å². The van der Waals surface area contributed by atoms with Crippen molar-refractivity contribution in [3.05, 3.63) is 0 Å². The van der Waals surface area contributed by atoms with E-state index in [1.807, 2.05) is 0 Å². The lowest BCUT2D eigenvalue weighted by molar-refractivity contribution is -0.0441. The third-order valence-corrected chi connectivity index (χ3v) is 2.50. The van der Waals surface area contributed by atoms with Crippen LogP contribution in [0.5, 0.6) is 0 Å². The molecule has 4 N–H and O–H groups in total. The molecule has 0 aliphatic carbocycles.